The molecule has 0 unspecified atom stereocenters. The van der Waals surface area contributed by atoms with E-state index in [2.05, 4.69) is 56.9 Å². The first-order valence-corrected chi connectivity index (χ1v) is 9.63. The molecule has 0 bridgehead atoms. The lowest BCUT2D eigenvalue weighted by Crippen LogP contribution is -2.41. The number of ether oxygens (including phenoxy) is 2. The molecule has 144 valence electrons. The van der Waals surface area contributed by atoms with Gasteiger partial charge in [0.25, 0.3) is 0 Å². The van der Waals surface area contributed by atoms with E-state index in [9.17, 15) is 0 Å². The summed E-state index contributed by atoms with van der Waals surface area (Å²) in [6.45, 7) is 11.7. The fourth-order valence-electron chi connectivity index (χ4n) is 3.40. The predicted octanol–water partition coefficient (Wildman–Crippen LogP) is 2.62. The minimum Gasteiger partial charge on any atom is -0.399 e. The van der Waals surface area contributed by atoms with Gasteiger partial charge in [-0.05, 0) is 58.1 Å². The molecule has 2 aliphatic rings. The lowest BCUT2D eigenvalue weighted by atomic mass is 9.79. The van der Waals surface area contributed by atoms with Crippen molar-refractivity contribution in [2.45, 2.75) is 57.8 Å². The zero-order valence-electron chi connectivity index (χ0n) is 16.8. The van der Waals surface area contributed by atoms with Crippen LogP contribution in [0.25, 0.3) is 0 Å². The van der Waals surface area contributed by atoms with E-state index in [0.717, 1.165) is 31.4 Å². The second-order valence-corrected chi connectivity index (χ2v) is 8.23. The Morgan fingerprint density at radius 1 is 1.00 bits per heavy atom. The van der Waals surface area contributed by atoms with Crippen LogP contribution >= 0.6 is 0 Å². The molecule has 0 amide bonds. The molecule has 2 aliphatic heterocycles. The highest BCUT2D eigenvalue weighted by atomic mass is 16.7. The van der Waals surface area contributed by atoms with Crippen molar-refractivity contribution in [3.05, 3.63) is 24.3 Å². The highest BCUT2D eigenvalue weighted by Crippen LogP contribution is 2.36. The first-order chi connectivity index (χ1) is 12.3. The molecule has 3 rings (SSSR count). The summed E-state index contributed by atoms with van der Waals surface area (Å²) in [6, 6.07) is 8.59. The van der Waals surface area contributed by atoms with Gasteiger partial charge in [0, 0.05) is 25.9 Å². The van der Waals surface area contributed by atoms with Gasteiger partial charge in [0.15, 0.2) is 0 Å². The Morgan fingerprint density at radius 3 is 2.12 bits per heavy atom. The van der Waals surface area contributed by atoms with Gasteiger partial charge in [-0.2, -0.15) is 0 Å². The number of rotatable bonds is 6. The van der Waals surface area contributed by atoms with E-state index in [1.165, 1.54) is 5.69 Å². The van der Waals surface area contributed by atoms with Crippen molar-refractivity contribution < 1.29 is 18.8 Å². The van der Waals surface area contributed by atoms with Gasteiger partial charge in [0.2, 0.25) is 0 Å². The van der Waals surface area contributed by atoms with Crippen molar-refractivity contribution in [2.75, 3.05) is 38.3 Å². The second kappa shape index (κ2) is 7.89. The molecule has 1 aromatic rings. The number of hydrogen-bond donors (Lipinski definition) is 0. The maximum atomic E-state index is 6.13. The quantitative estimate of drug-likeness (QED) is 0.576. The maximum absolute atomic E-state index is 6.13. The number of methoxy groups -OCH3 is 1. The number of benzene rings is 1. The van der Waals surface area contributed by atoms with E-state index in [-0.39, 0.29) is 18.3 Å². The molecule has 0 aliphatic carbocycles. The summed E-state index contributed by atoms with van der Waals surface area (Å²) >= 11 is 0. The van der Waals surface area contributed by atoms with Gasteiger partial charge >= 0.3 is 7.12 Å². The van der Waals surface area contributed by atoms with Gasteiger partial charge in [-0.15, -0.1) is 0 Å². The normalized spacial score (nSPS) is 22.8. The molecule has 0 aromatic heterocycles. The molecule has 0 saturated carbocycles. The van der Waals surface area contributed by atoms with E-state index in [1.807, 2.05) is 0 Å². The van der Waals surface area contributed by atoms with Crippen LogP contribution in [0, 0.1) is 0 Å². The first kappa shape index (κ1) is 19.7. The summed E-state index contributed by atoms with van der Waals surface area (Å²) in [5.41, 5.74) is 1.72. The Balaban J connectivity index is 1.54. The minimum absolute atomic E-state index is 0.297. The Labute approximate surface area is 158 Å². The molecule has 2 fully saturated rings. The molecule has 1 aromatic carbocycles. The molecular weight excluding hydrogens is 329 g/mol. The van der Waals surface area contributed by atoms with Gasteiger partial charge in [-0.25, -0.2) is 0 Å². The molecule has 0 spiro atoms. The van der Waals surface area contributed by atoms with E-state index < -0.39 is 0 Å². The summed E-state index contributed by atoms with van der Waals surface area (Å²) in [5, 5.41) is 0. The zero-order valence-corrected chi connectivity index (χ0v) is 16.8. The van der Waals surface area contributed by atoms with E-state index in [0.29, 0.717) is 19.3 Å². The third-order valence-corrected chi connectivity index (χ3v) is 5.87. The van der Waals surface area contributed by atoms with Gasteiger partial charge in [0.1, 0.15) is 0 Å². The molecule has 26 heavy (non-hydrogen) atoms. The number of piperidine rings is 1. The Kier molecular flexibility index (Phi) is 5.97. The monoisotopic (exact) mass is 361 g/mol. The predicted molar refractivity (Wildman–Crippen MR) is 105 cm³/mol. The SMILES string of the molecule is COCCOC1CCN(c2ccc(B3OC(C)(C)C(C)(C)O3)cc2)CC1. The van der Waals surface area contributed by atoms with Crippen molar-refractivity contribution in [2.24, 2.45) is 0 Å². The summed E-state index contributed by atoms with van der Waals surface area (Å²) < 4.78 is 23.2. The van der Waals surface area contributed by atoms with Crippen LogP contribution in [0.5, 0.6) is 0 Å². The Hall–Kier alpha value is -1.08. The lowest BCUT2D eigenvalue weighted by Gasteiger charge is -2.33. The maximum Gasteiger partial charge on any atom is 0.494 e. The molecule has 5 nitrogen and oxygen atoms in total. The van der Waals surface area contributed by atoms with Crippen molar-refractivity contribution >= 4 is 18.3 Å². The van der Waals surface area contributed by atoms with Gasteiger partial charge in [-0.1, -0.05) is 12.1 Å². The topological polar surface area (TPSA) is 40.2 Å². The van der Waals surface area contributed by atoms with Crippen molar-refractivity contribution in [3.8, 4) is 0 Å². The van der Waals surface area contributed by atoms with Crippen LogP contribution in [0.2, 0.25) is 0 Å². The fraction of sp³-hybridized carbons (Fsp3) is 0.700. The molecule has 6 heteroatoms. The van der Waals surface area contributed by atoms with Crippen molar-refractivity contribution in [1.29, 1.82) is 0 Å². The Bertz CT molecular complexity index is 566. The minimum atomic E-state index is -0.305. The van der Waals surface area contributed by atoms with E-state index in [1.54, 1.807) is 7.11 Å². The molecular formula is C20H32BNO4. The van der Waals surface area contributed by atoms with E-state index >= 15 is 0 Å². The molecule has 0 radical (unpaired) electrons. The standard InChI is InChI=1S/C20H32BNO4/c1-19(2)20(3,4)26-21(25-19)16-6-8-17(9-7-16)22-12-10-18(11-13-22)24-15-14-23-5/h6-9,18H,10-15H2,1-5H3. The summed E-state index contributed by atoms with van der Waals surface area (Å²) in [5.74, 6) is 0. The third kappa shape index (κ3) is 4.25. The van der Waals surface area contributed by atoms with Gasteiger partial charge in [0.05, 0.1) is 30.5 Å². The average Bonchev–Trinajstić information content (AvgIpc) is 2.84. The van der Waals surface area contributed by atoms with Crippen molar-refractivity contribution in [3.63, 3.8) is 0 Å². The van der Waals surface area contributed by atoms with Gasteiger partial charge in [-0.3, -0.25) is 0 Å². The lowest BCUT2D eigenvalue weighted by molar-refractivity contribution is 0.00578. The van der Waals surface area contributed by atoms with Crippen molar-refractivity contribution in [1.82, 2.24) is 0 Å². The largest absolute Gasteiger partial charge is 0.494 e. The second-order valence-electron chi connectivity index (χ2n) is 8.23. The summed E-state index contributed by atoms with van der Waals surface area (Å²) in [4.78, 5) is 2.42. The number of hydrogen-bond acceptors (Lipinski definition) is 5. The average molecular weight is 361 g/mol. The fourth-order valence-corrected chi connectivity index (χ4v) is 3.40. The van der Waals surface area contributed by atoms with Crippen LogP contribution < -0.4 is 10.4 Å². The van der Waals surface area contributed by atoms with Crippen LogP contribution in [0.3, 0.4) is 0 Å². The van der Waals surface area contributed by atoms with Crippen LogP contribution in [0.15, 0.2) is 24.3 Å². The molecule has 2 saturated heterocycles. The Morgan fingerprint density at radius 2 is 1.58 bits per heavy atom. The van der Waals surface area contributed by atoms with Crippen LogP contribution in [-0.2, 0) is 18.8 Å². The summed E-state index contributed by atoms with van der Waals surface area (Å²) in [7, 11) is 1.41. The van der Waals surface area contributed by atoms with E-state index in [4.69, 9.17) is 18.8 Å². The van der Waals surface area contributed by atoms with Crippen LogP contribution in [0.4, 0.5) is 5.69 Å². The summed E-state index contributed by atoms with van der Waals surface area (Å²) in [6.07, 6.45) is 2.47. The zero-order chi connectivity index (χ0) is 18.8. The molecule has 2 heterocycles. The van der Waals surface area contributed by atoms with Crippen LogP contribution in [0.1, 0.15) is 40.5 Å². The highest BCUT2D eigenvalue weighted by Gasteiger charge is 2.51. The molecule has 0 N–H and O–H groups in total. The number of anilines is 1. The first-order valence-electron chi connectivity index (χ1n) is 9.63. The van der Waals surface area contributed by atoms with Gasteiger partial charge < -0.3 is 23.7 Å². The third-order valence-electron chi connectivity index (χ3n) is 5.87. The number of nitrogens with zero attached hydrogens (tertiary/aromatic N) is 1. The smallest absolute Gasteiger partial charge is 0.399 e. The highest BCUT2D eigenvalue weighted by molar-refractivity contribution is 6.62. The molecule has 0 atom stereocenters. The van der Waals surface area contributed by atoms with Crippen LogP contribution in [-0.4, -0.2) is 57.8 Å².